The van der Waals surface area contributed by atoms with Crippen molar-refractivity contribution in [1.82, 2.24) is 10.2 Å². The topological polar surface area (TPSA) is 15.3 Å². The third-order valence-electron chi connectivity index (χ3n) is 1.88. The van der Waals surface area contributed by atoms with Gasteiger partial charge in [-0.1, -0.05) is 12.8 Å². The number of rotatable bonds is 5. The van der Waals surface area contributed by atoms with Crippen LogP contribution in [0.2, 0.25) is 0 Å². The summed E-state index contributed by atoms with van der Waals surface area (Å²) in [6.07, 6.45) is 6.34. The zero-order valence-corrected chi connectivity index (χ0v) is 7.72. The Morgan fingerprint density at radius 1 is 1.64 bits per heavy atom. The van der Waals surface area contributed by atoms with Crippen molar-refractivity contribution >= 4 is 0 Å². The minimum Gasteiger partial charge on any atom is -0.318 e. The molecule has 1 unspecified atom stereocenters. The van der Waals surface area contributed by atoms with Crippen LogP contribution in [0.15, 0.2) is 0 Å². The largest absolute Gasteiger partial charge is 0.318 e. The third-order valence-corrected chi connectivity index (χ3v) is 1.88. The molecule has 0 rings (SSSR count). The third kappa shape index (κ3) is 4.02. The van der Waals surface area contributed by atoms with E-state index < -0.39 is 0 Å². The number of nitrogens with zero attached hydrogens (tertiary/aromatic N) is 1. The number of hydrogen-bond acceptors (Lipinski definition) is 2. The fourth-order valence-corrected chi connectivity index (χ4v) is 1.12. The van der Waals surface area contributed by atoms with E-state index in [0.717, 1.165) is 19.5 Å². The predicted molar refractivity (Wildman–Crippen MR) is 49.5 cm³/mol. The van der Waals surface area contributed by atoms with Crippen LogP contribution < -0.4 is 5.32 Å². The maximum atomic E-state index is 5.21. The molecule has 0 aromatic carbocycles. The van der Waals surface area contributed by atoms with Crippen LogP contribution in [-0.2, 0) is 0 Å². The van der Waals surface area contributed by atoms with Gasteiger partial charge in [-0.2, -0.15) is 0 Å². The van der Waals surface area contributed by atoms with E-state index in [1.165, 1.54) is 0 Å². The van der Waals surface area contributed by atoms with E-state index in [1.807, 2.05) is 7.05 Å². The van der Waals surface area contributed by atoms with Gasteiger partial charge in [-0.25, -0.2) is 0 Å². The SMILES string of the molecule is C#CCN(C)C(CC)CNC. The van der Waals surface area contributed by atoms with Gasteiger partial charge in [0.1, 0.15) is 0 Å². The van der Waals surface area contributed by atoms with E-state index in [1.54, 1.807) is 0 Å². The molecule has 2 nitrogen and oxygen atoms in total. The average Bonchev–Trinajstić information content (AvgIpc) is 2.00. The molecule has 0 aliphatic heterocycles. The van der Waals surface area contributed by atoms with Crippen LogP contribution in [0, 0.1) is 12.3 Å². The van der Waals surface area contributed by atoms with Crippen LogP contribution in [0.25, 0.3) is 0 Å². The second-order valence-electron chi connectivity index (χ2n) is 2.74. The average molecular weight is 154 g/mol. The van der Waals surface area contributed by atoms with Crippen LogP contribution in [0.1, 0.15) is 13.3 Å². The van der Waals surface area contributed by atoms with Crippen LogP contribution >= 0.6 is 0 Å². The van der Waals surface area contributed by atoms with Gasteiger partial charge in [0.15, 0.2) is 0 Å². The summed E-state index contributed by atoms with van der Waals surface area (Å²) in [5.41, 5.74) is 0. The number of terminal acetylenes is 1. The normalized spacial score (nSPS) is 13.0. The molecule has 0 aliphatic rings. The second-order valence-corrected chi connectivity index (χ2v) is 2.74. The molecule has 0 amide bonds. The van der Waals surface area contributed by atoms with Crippen molar-refractivity contribution in [2.24, 2.45) is 0 Å². The molecule has 11 heavy (non-hydrogen) atoms. The summed E-state index contributed by atoms with van der Waals surface area (Å²) in [4.78, 5) is 2.19. The van der Waals surface area contributed by atoms with E-state index in [4.69, 9.17) is 6.42 Å². The lowest BCUT2D eigenvalue weighted by atomic mass is 10.2. The molecule has 64 valence electrons. The van der Waals surface area contributed by atoms with Crippen molar-refractivity contribution in [1.29, 1.82) is 0 Å². The quantitative estimate of drug-likeness (QED) is 0.582. The van der Waals surface area contributed by atoms with Crippen molar-refractivity contribution in [2.45, 2.75) is 19.4 Å². The monoisotopic (exact) mass is 154 g/mol. The molecule has 0 radical (unpaired) electrons. The molecule has 1 atom stereocenters. The fourth-order valence-electron chi connectivity index (χ4n) is 1.12. The number of likely N-dealkylation sites (N-methyl/N-ethyl adjacent to an activating group) is 2. The summed E-state index contributed by atoms with van der Waals surface area (Å²) in [6.45, 7) is 3.92. The maximum Gasteiger partial charge on any atom is 0.0599 e. The lowest BCUT2D eigenvalue weighted by Crippen LogP contribution is -2.38. The van der Waals surface area contributed by atoms with E-state index in [9.17, 15) is 0 Å². The highest BCUT2D eigenvalue weighted by atomic mass is 15.1. The smallest absolute Gasteiger partial charge is 0.0599 e. The minimum absolute atomic E-state index is 0.566. The first-order chi connectivity index (χ1) is 5.26. The predicted octanol–water partition coefficient (Wildman–Crippen LogP) is 0.549. The highest BCUT2D eigenvalue weighted by Gasteiger charge is 2.09. The Morgan fingerprint density at radius 3 is 2.64 bits per heavy atom. The van der Waals surface area contributed by atoms with Crippen molar-refractivity contribution in [3.05, 3.63) is 0 Å². The summed E-state index contributed by atoms with van der Waals surface area (Å²) >= 11 is 0. The fraction of sp³-hybridized carbons (Fsp3) is 0.778. The number of hydrogen-bond donors (Lipinski definition) is 1. The molecule has 0 aliphatic carbocycles. The highest BCUT2D eigenvalue weighted by molar-refractivity contribution is 4.89. The summed E-state index contributed by atoms with van der Waals surface area (Å²) < 4.78 is 0. The summed E-state index contributed by atoms with van der Waals surface area (Å²) in [5.74, 6) is 2.64. The molecule has 0 fully saturated rings. The summed E-state index contributed by atoms with van der Waals surface area (Å²) in [5, 5.41) is 3.15. The Balaban J connectivity index is 3.73. The first-order valence-electron chi connectivity index (χ1n) is 4.04. The molecular weight excluding hydrogens is 136 g/mol. The second kappa shape index (κ2) is 6.21. The van der Waals surface area contributed by atoms with Gasteiger partial charge in [0.2, 0.25) is 0 Å². The Bertz CT molecular complexity index is 126. The zero-order chi connectivity index (χ0) is 8.69. The zero-order valence-electron chi connectivity index (χ0n) is 7.72. The standard InChI is InChI=1S/C9H18N2/c1-5-7-11(4)9(6-2)8-10-3/h1,9-10H,6-8H2,2-4H3. The number of nitrogens with one attached hydrogen (secondary N) is 1. The van der Waals surface area contributed by atoms with E-state index in [-0.39, 0.29) is 0 Å². The van der Waals surface area contributed by atoms with Crippen molar-refractivity contribution in [2.75, 3.05) is 27.2 Å². The van der Waals surface area contributed by atoms with E-state index in [2.05, 4.69) is 30.1 Å². The van der Waals surface area contributed by atoms with Gasteiger partial charge in [0.25, 0.3) is 0 Å². The first kappa shape index (κ1) is 10.5. The van der Waals surface area contributed by atoms with Crippen LogP contribution in [0.5, 0.6) is 0 Å². The molecular formula is C9H18N2. The lowest BCUT2D eigenvalue weighted by molar-refractivity contribution is 0.259. The van der Waals surface area contributed by atoms with Gasteiger partial charge in [0.05, 0.1) is 6.54 Å². The van der Waals surface area contributed by atoms with Crippen molar-refractivity contribution in [3.63, 3.8) is 0 Å². The van der Waals surface area contributed by atoms with Gasteiger partial charge in [-0.05, 0) is 20.5 Å². The van der Waals surface area contributed by atoms with Crippen LogP contribution in [0.3, 0.4) is 0 Å². The van der Waals surface area contributed by atoms with Gasteiger partial charge in [0, 0.05) is 12.6 Å². The summed E-state index contributed by atoms with van der Waals surface area (Å²) in [6, 6.07) is 0.566. The van der Waals surface area contributed by atoms with Gasteiger partial charge in [-0.15, -0.1) is 6.42 Å². The molecule has 0 spiro atoms. The van der Waals surface area contributed by atoms with Gasteiger partial charge >= 0.3 is 0 Å². The Labute approximate surface area is 70.0 Å². The summed E-state index contributed by atoms with van der Waals surface area (Å²) in [7, 11) is 4.03. The molecule has 0 aromatic rings. The highest BCUT2D eigenvalue weighted by Crippen LogP contribution is 1.98. The van der Waals surface area contributed by atoms with Crippen LogP contribution in [-0.4, -0.2) is 38.1 Å². The molecule has 0 saturated heterocycles. The molecule has 1 N–H and O–H groups in total. The van der Waals surface area contributed by atoms with E-state index >= 15 is 0 Å². The van der Waals surface area contributed by atoms with Gasteiger partial charge in [-0.3, -0.25) is 4.90 Å². The Hall–Kier alpha value is -0.520. The molecule has 0 bridgehead atoms. The Morgan fingerprint density at radius 2 is 2.27 bits per heavy atom. The van der Waals surface area contributed by atoms with E-state index in [0.29, 0.717) is 6.04 Å². The molecule has 0 saturated carbocycles. The van der Waals surface area contributed by atoms with Crippen molar-refractivity contribution in [3.8, 4) is 12.3 Å². The van der Waals surface area contributed by atoms with Gasteiger partial charge < -0.3 is 5.32 Å². The van der Waals surface area contributed by atoms with Crippen molar-refractivity contribution < 1.29 is 0 Å². The minimum atomic E-state index is 0.566. The first-order valence-corrected chi connectivity index (χ1v) is 4.04. The Kier molecular flexibility index (Phi) is 5.91. The maximum absolute atomic E-state index is 5.21. The molecule has 0 heterocycles. The van der Waals surface area contributed by atoms with Crippen LogP contribution in [0.4, 0.5) is 0 Å². The lowest BCUT2D eigenvalue weighted by Gasteiger charge is -2.24. The molecule has 0 aromatic heterocycles. The molecule has 2 heteroatoms.